The Bertz CT molecular complexity index is 502. The van der Waals surface area contributed by atoms with E-state index in [0.717, 1.165) is 11.4 Å². The molecule has 0 bridgehead atoms. The molecule has 4 nitrogen and oxygen atoms in total. The number of para-hydroxylation sites is 1. The van der Waals surface area contributed by atoms with Gasteiger partial charge >= 0.3 is 0 Å². The number of nitrogens with zero attached hydrogens (tertiary/aromatic N) is 3. The van der Waals surface area contributed by atoms with Crippen LogP contribution in [0.15, 0.2) is 42.9 Å². The summed E-state index contributed by atoms with van der Waals surface area (Å²) in [4.78, 5) is 7.94. The van der Waals surface area contributed by atoms with Gasteiger partial charge in [-0.1, -0.05) is 12.1 Å². The first-order valence-electron chi connectivity index (χ1n) is 4.88. The van der Waals surface area contributed by atoms with Crippen LogP contribution >= 0.6 is 0 Å². The third-order valence-corrected chi connectivity index (χ3v) is 2.15. The van der Waals surface area contributed by atoms with Crippen molar-refractivity contribution in [2.75, 3.05) is 5.32 Å². The summed E-state index contributed by atoms with van der Waals surface area (Å²) in [5.74, 6) is 0. The van der Waals surface area contributed by atoms with Crippen molar-refractivity contribution in [2.45, 2.75) is 6.54 Å². The normalized spacial score (nSPS) is 9.44. The molecule has 1 N–H and O–H groups in total. The molecule has 0 fully saturated rings. The molecule has 16 heavy (non-hydrogen) atoms. The quantitative estimate of drug-likeness (QED) is 0.841. The van der Waals surface area contributed by atoms with E-state index in [1.807, 2.05) is 24.3 Å². The highest BCUT2D eigenvalue weighted by Crippen LogP contribution is 2.14. The molecule has 0 amide bonds. The number of rotatable bonds is 3. The maximum Gasteiger partial charge on any atom is 0.115 e. The number of hydrogen-bond acceptors (Lipinski definition) is 4. The van der Waals surface area contributed by atoms with Crippen molar-refractivity contribution in [3.8, 4) is 6.07 Å². The van der Waals surface area contributed by atoms with Crippen molar-refractivity contribution >= 4 is 5.69 Å². The van der Waals surface area contributed by atoms with Crippen molar-refractivity contribution in [3.63, 3.8) is 0 Å². The van der Waals surface area contributed by atoms with Crippen LogP contribution in [0.4, 0.5) is 5.69 Å². The SMILES string of the molecule is N#Cc1ccccc1NCc1ccncn1. The lowest BCUT2D eigenvalue weighted by molar-refractivity contribution is 1.01. The monoisotopic (exact) mass is 210 g/mol. The first kappa shape index (κ1) is 10.1. The number of aromatic nitrogens is 2. The van der Waals surface area contributed by atoms with Gasteiger partial charge in [-0.05, 0) is 18.2 Å². The van der Waals surface area contributed by atoms with Gasteiger partial charge in [-0.2, -0.15) is 5.26 Å². The highest BCUT2D eigenvalue weighted by atomic mass is 14.9. The molecule has 1 aromatic heterocycles. The Morgan fingerprint density at radius 3 is 2.88 bits per heavy atom. The average Bonchev–Trinajstić information content (AvgIpc) is 2.38. The highest BCUT2D eigenvalue weighted by molar-refractivity contribution is 5.57. The van der Waals surface area contributed by atoms with Gasteiger partial charge in [-0.25, -0.2) is 9.97 Å². The second-order valence-electron chi connectivity index (χ2n) is 3.21. The predicted molar refractivity (Wildman–Crippen MR) is 60.5 cm³/mol. The molecule has 0 saturated carbocycles. The van der Waals surface area contributed by atoms with Crippen molar-refractivity contribution < 1.29 is 0 Å². The van der Waals surface area contributed by atoms with Gasteiger partial charge in [-0.3, -0.25) is 0 Å². The Hall–Kier alpha value is -2.41. The molecule has 2 rings (SSSR count). The summed E-state index contributed by atoms with van der Waals surface area (Å²) in [7, 11) is 0. The molecular formula is C12H10N4. The summed E-state index contributed by atoms with van der Waals surface area (Å²) in [6.07, 6.45) is 3.20. The predicted octanol–water partition coefficient (Wildman–Crippen LogP) is 1.96. The molecule has 0 radical (unpaired) electrons. The summed E-state index contributed by atoms with van der Waals surface area (Å²) in [5.41, 5.74) is 2.35. The minimum absolute atomic E-state index is 0.585. The smallest absolute Gasteiger partial charge is 0.115 e. The van der Waals surface area contributed by atoms with Crippen LogP contribution in [0.1, 0.15) is 11.3 Å². The maximum absolute atomic E-state index is 8.90. The number of nitriles is 1. The van der Waals surface area contributed by atoms with E-state index >= 15 is 0 Å². The third-order valence-electron chi connectivity index (χ3n) is 2.15. The Kier molecular flexibility index (Phi) is 3.10. The molecule has 1 heterocycles. The van der Waals surface area contributed by atoms with Gasteiger partial charge in [0, 0.05) is 6.20 Å². The Labute approximate surface area is 93.6 Å². The fourth-order valence-corrected chi connectivity index (χ4v) is 1.34. The lowest BCUT2D eigenvalue weighted by Gasteiger charge is -2.06. The van der Waals surface area contributed by atoms with Crippen LogP contribution in [-0.2, 0) is 6.54 Å². The molecule has 0 aliphatic rings. The molecule has 0 atom stereocenters. The van der Waals surface area contributed by atoms with E-state index in [1.54, 1.807) is 12.3 Å². The Balaban J connectivity index is 2.09. The van der Waals surface area contributed by atoms with Gasteiger partial charge in [0.2, 0.25) is 0 Å². The zero-order valence-corrected chi connectivity index (χ0v) is 8.59. The van der Waals surface area contributed by atoms with Crippen LogP contribution in [0, 0.1) is 11.3 Å². The van der Waals surface area contributed by atoms with Crippen LogP contribution < -0.4 is 5.32 Å². The molecule has 0 aliphatic carbocycles. The van der Waals surface area contributed by atoms with Gasteiger partial charge in [0.05, 0.1) is 23.5 Å². The lowest BCUT2D eigenvalue weighted by atomic mass is 10.2. The third kappa shape index (κ3) is 2.34. The molecule has 1 aromatic carbocycles. The second-order valence-corrected chi connectivity index (χ2v) is 3.21. The Morgan fingerprint density at radius 2 is 2.12 bits per heavy atom. The van der Waals surface area contributed by atoms with Gasteiger partial charge < -0.3 is 5.32 Å². The fraction of sp³-hybridized carbons (Fsp3) is 0.0833. The van der Waals surface area contributed by atoms with Crippen LogP contribution in [0.5, 0.6) is 0 Å². The fourth-order valence-electron chi connectivity index (χ4n) is 1.34. The zero-order valence-electron chi connectivity index (χ0n) is 8.59. The number of hydrogen-bond donors (Lipinski definition) is 1. The number of nitrogens with one attached hydrogen (secondary N) is 1. The van der Waals surface area contributed by atoms with E-state index < -0.39 is 0 Å². The molecule has 0 unspecified atom stereocenters. The minimum atomic E-state index is 0.585. The largest absolute Gasteiger partial charge is 0.378 e. The molecule has 0 spiro atoms. The summed E-state index contributed by atoms with van der Waals surface area (Å²) in [6, 6.07) is 11.4. The van der Waals surface area contributed by atoms with Crippen molar-refractivity contribution in [2.24, 2.45) is 0 Å². The van der Waals surface area contributed by atoms with E-state index in [1.165, 1.54) is 6.33 Å². The van der Waals surface area contributed by atoms with Crippen LogP contribution in [0.25, 0.3) is 0 Å². The molecule has 78 valence electrons. The summed E-state index contributed by atoms with van der Waals surface area (Å²) >= 11 is 0. The number of benzene rings is 1. The van der Waals surface area contributed by atoms with Gasteiger partial charge in [0.25, 0.3) is 0 Å². The molecule has 0 aliphatic heterocycles. The first-order chi connectivity index (χ1) is 7.90. The zero-order chi connectivity index (χ0) is 11.2. The van der Waals surface area contributed by atoms with Crippen molar-refractivity contribution in [1.82, 2.24) is 9.97 Å². The molecule has 4 heteroatoms. The van der Waals surface area contributed by atoms with Gasteiger partial charge in [0.1, 0.15) is 12.4 Å². The van der Waals surface area contributed by atoms with Gasteiger partial charge in [-0.15, -0.1) is 0 Å². The topological polar surface area (TPSA) is 61.6 Å². The summed E-state index contributed by atoms with van der Waals surface area (Å²) < 4.78 is 0. The van der Waals surface area contributed by atoms with Crippen LogP contribution in [0.2, 0.25) is 0 Å². The number of anilines is 1. The van der Waals surface area contributed by atoms with E-state index in [-0.39, 0.29) is 0 Å². The molecular weight excluding hydrogens is 200 g/mol. The first-order valence-corrected chi connectivity index (χ1v) is 4.88. The minimum Gasteiger partial charge on any atom is -0.378 e. The maximum atomic E-state index is 8.90. The van der Waals surface area contributed by atoms with Gasteiger partial charge in [0.15, 0.2) is 0 Å². The van der Waals surface area contributed by atoms with E-state index in [2.05, 4.69) is 21.4 Å². The van der Waals surface area contributed by atoms with Crippen molar-refractivity contribution in [1.29, 1.82) is 5.26 Å². The van der Waals surface area contributed by atoms with E-state index in [4.69, 9.17) is 5.26 Å². The van der Waals surface area contributed by atoms with E-state index in [9.17, 15) is 0 Å². The van der Waals surface area contributed by atoms with Crippen LogP contribution in [-0.4, -0.2) is 9.97 Å². The van der Waals surface area contributed by atoms with Crippen molar-refractivity contribution in [3.05, 3.63) is 54.1 Å². The second kappa shape index (κ2) is 4.89. The standard InChI is InChI=1S/C12H10N4/c13-7-10-3-1-2-4-12(10)15-8-11-5-6-14-9-16-11/h1-6,9,15H,8H2. The van der Waals surface area contributed by atoms with Crippen LogP contribution in [0.3, 0.4) is 0 Å². The van der Waals surface area contributed by atoms with E-state index in [0.29, 0.717) is 12.1 Å². The average molecular weight is 210 g/mol. The molecule has 2 aromatic rings. The summed E-state index contributed by atoms with van der Waals surface area (Å²) in [5, 5.41) is 12.1. The lowest BCUT2D eigenvalue weighted by Crippen LogP contribution is -2.02. The highest BCUT2D eigenvalue weighted by Gasteiger charge is 1.99. The molecule has 0 saturated heterocycles. The Morgan fingerprint density at radius 1 is 1.25 bits per heavy atom. The summed E-state index contributed by atoms with van der Waals surface area (Å²) in [6.45, 7) is 0.585.